The Hall–Kier alpha value is -2.13. The summed E-state index contributed by atoms with van der Waals surface area (Å²) in [6.07, 6.45) is 1.85. The standard InChI is InChI=1S/C23H30F2N4O2S/c1-15(2)21-20(27-28-32-21)22(30)26-17-11-23(12-17)7-9-29(10-8-23)13-16-3-5-18(6-4-16)31-14-19(24)25/h3-6,15,17,19H,7-14H2,1-2H3,(H,26,30). The van der Waals surface area contributed by atoms with Crippen molar-refractivity contribution in [3.63, 3.8) is 0 Å². The van der Waals surface area contributed by atoms with Gasteiger partial charge in [-0.3, -0.25) is 9.69 Å². The molecule has 1 aromatic carbocycles. The first-order valence-electron chi connectivity index (χ1n) is 11.2. The number of carbonyl (C=O) groups is 1. The second kappa shape index (κ2) is 9.79. The molecule has 1 spiro atoms. The second-order valence-corrected chi connectivity index (χ2v) is 10.1. The minimum Gasteiger partial charge on any atom is -0.488 e. The smallest absolute Gasteiger partial charge is 0.273 e. The zero-order valence-corrected chi connectivity index (χ0v) is 19.3. The van der Waals surface area contributed by atoms with E-state index in [0.29, 0.717) is 16.9 Å². The molecule has 1 saturated carbocycles. The third-order valence-corrected chi connectivity index (χ3v) is 7.59. The van der Waals surface area contributed by atoms with Crippen molar-refractivity contribution in [2.75, 3.05) is 19.7 Å². The summed E-state index contributed by atoms with van der Waals surface area (Å²) < 4.78 is 33.5. The van der Waals surface area contributed by atoms with Gasteiger partial charge in [-0.25, -0.2) is 8.78 Å². The highest BCUT2D eigenvalue weighted by molar-refractivity contribution is 7.05. The fraction of sp³-hybridized carbons (Fsp3) is 0.609. The molecular weight excluding hydrogens is 434 g/mol. The Labute approximate surface area is 191 Å². The van der Waals surface area contributed by atoms with Crippen LogP contribution in [0.5, 0.6) is 5.75 Å². The van der Waals surface area contributed by atoms with Gasteiger partial charge in [-0.2, -0.15) is 0 Å². The van der Waals surface area contributed by atoms with Crippen LogP contribution in [-0.4, -0.2) is 52.6 Å². The van der Waals surface area contributed by atoms with E-state index in [2.05, 4.69) is 19.8 Å². The number of piperidine rings is 1. The van der Waals surface area contributed by atoms with Crippen LogP contribution in [0.3, 0.4) is 0 Å². The number of aromatic nitrogens is 2. The number of carbonyl (C=O) groups excluding carboxylic acids is 1. The number of benzene rings is 1. The van der Waals surface area contributed by atoms with Crippen LogP contribution in [0.25, 0.3) is 0 Å². The molecule has 1 saturated heterocycles. The van der Waals surface area contributed by atoms with Gasteiger partial charge in [0, 0.05) is 12.6 Å². The highest BCUT2D eigenvalue weighted by atomic mass is 32.1. The van der Waals surface area contributed by atoms with Crippen LogP contribution in [0, 0.1) is 5.41 Å². The molecule has 0 radical (unpaired) electrons. The predicted octanol–water partition coefficient (Wildman–Crippen LogP) is 4.48. The fourth-order valence-corrected chi connectivity index (χ4v) is 5.42. The molecule has 174 valence electrons. The number of nitrogens with one attached hydrogen (secondary N) is 1. The average Bonchev–Trinajstić information content (AvgIpc) is 3.24. The molecule has 2 aromatic rings. The Morgan fingerprint density at radius 3 is 2.56 bits per heavy atom. The first-order chi connectivity index (χ1) is 15.3. The first kappa shape index (κ1) is 23.0. The molecule has 1 amide bonds. The van der Waals surface area contributed by atoms with Crippen molar-refractivity contribution < 1.29 is 18.3 Å². The number of ether oxygens (including phenoxy) is 1. The molecule has 6 nitrogen and oxygen atoms in total. The number of halogens is 2. The van der Waals surface area contributed by atoms with Crippen LogP contribution in [0.2, 0.25) is 0 Å². The molecule has 4 rings (SSSR count). The Morgan fingerprint density at radius 1 is 1.25 bits per heavy atom. The lowest BCUT2D eigenvalue weighted by Crippen LogP contribution is -2.54. The Bertz CT molecular complexity index is 903. The largest absolute Gasteiger partial charge is 0.488 e. The number of alkyl halides is 2. The molecule has 1 N–H and O–H groups in total. The van der Waals surface area contributed by atoms with Crippen molar-refractivity contribution in [3.05, 3.63) is 40.4 Å². The number of hydrogen-bond acceptors (Lipinski definition) is 6. The highest BCUT2D eigenvalue weighted by Gasteiger charge is 2.46. The predicted molar refractivity (Wildman–Crippen MR) is 119 cm³/mol. The quantitative estimate of drug-likeness (QED) is 0.624. The van der Waals surface area contributed by atoms with Gasteiger partial charge in [-0.1, -0.05) is 30.5 Å². The van der Waals surface area contributed by atoms with Gasteiger partial charge in [0.1, 0.15) is 12.4 Å². The van der Waals surface area contributed by atoms with Crippen LogP contribution in [0.1, 0.15) is 66.4 Å². The molecule has 0 unspecified atom stereocenters. The average molecular weight is 465 g/mol. The molecule has 1 aliphatic heterocycles. The van der Waals surface area contributed by atoms with Gasteiger partial charge in [0.15, 0.2) is 5.69 Å². The maximum absolute atomic E-state index is 12.6. The van der Waals surface area contributed by atoms with Crippen molar-refractivity contribution in [1.82, 2.24) is 19.8 Å². The van der Waals surface area contributed by atoms with E-state index in [1.165, 1.54) is 11.5 Å². The molecule has 2 heterocycles. The summed E-state index contributed by atoms with van der Waals surface area (Å²) in [5, 5.41) is 7.19. The van der Waals surface area contributed by atoms with E-state index in [0.717, 1.165) is 55.8 Å². The zero-order valence-electron chi connectivity index (χ0n) is 18.5. The summed E-state index contributed by atoms with van der Waals surface area (Å²) >= 11 is 1.30. The van der Waals surface area contributed by atoms with Crippen molar-refractivity contribution in [2.24, 2.45) is 5.41 Å². The number of hydrogen-bond donors (Lipinski definition) is 1. The van der Waals surface area contributed by atoms with Crippen LogP contribution >= 0.6 is 11.5 Å². The lowest BCUT2D eigenvalue weighted by atomic mass is 9.60. The molecule has 2 aliphatic rings. The zero-order chi connectivity index (χ0) is 22.7. The van der Waals surface area contributed by atoms with E-state index in [1.807, 2.05) is 26.0 Å². The van der Waals surface area contributed by atoms with E-state index < -0.39 is 13.0 Å². The summed E-state index contributed by atoms with van der Waals surface area (Å²) in [5.74, 6) is 0.623. The number of likely N-dealkylation sites (tertiary alicyclic amines) is 1. The molecule has 0 bridgehead atoms. The highest BCUT2D eigenvalue weighted by Crippen LogP contribution is 2.49. The number of nitrogens with zero attached hydrogens (tertiary/aromatic N) is 3. The second-order valence-electron chi connectivity index (χ2n) is 9.34. The van der Waals surface area contributed by atoms with Gasteiger partial charge < -0.3 is 10.1 Å². The molecule has 9 heteroatoms. The monoisotopic (exact) mass is 464 g/mol. The summed E-state index contributed by atoms with van der Waals surface area (Å²) in [6, 6.07) is 7.62. The van der Waals surface area contributed by atoms with Crippen LogP contribution in [-0.2, 0) is 6.54 Å². The molecular formula is C23H30F2N4O2S. The van der Waals surface area contributed by atoms with Gasteiger partial charge in [0.25, 0.3) is 12.3 Å². The van der Waals surface area contributed by atoms with E-state index in [4.69, 9.17) is 4.74 Å². The van der Waals surface area contributed by atoms with Gasteiger partial charge in [0.2, 0.25) is 0 Å². The Balaban J connectivity index is 1.20. The minimum atomic E-state index is -2.46. The Morgan fingerprint density at radius 2 is 1.94 bits per heavy atom. The van der Waals surface area contributed by atoms with Gasteiger partial charge in [0.05, 0.1) is 4.88 Å². The topological polar surface area (TPSA) is 67.4 Å². The number of rotatable bonds is 8. The maximum atomic E-state index is 12.6. The lowest BCUT2D eigenvalue weighted by Gasteiger charge is -2.52. The molecule has 1 aliphatic carbocycles. The summed E-state index contributed by atoms with van der Waals surface area (Å²) in [5.41, 5.74) is 1.97. The van der Waals surface area contributed by atoms with E-state index in [-0.39, 0.29) is 17.9 Å². The van der Waals surface area contributed by atoms with Crippen LogP contribution in [0.15, 0.2) is 24.3 Å². The van der Waals surface area contributed by atoms with Crippen molar-refractivity contribution in [2.45, 2.75) is 64.5 Å². The fourth-order valence-electron chi connectivity index (χ4n) is 4.78. The van der Waals surface area contributed by atoms with Crippen molar-refractivity contribution in [1.29, 1.82) is 0 Å². The first-order valence-corrected chi connectivity index (χ1v) is 12.0. The van der Waals surface area contributed by atoms with Crippen LogP contribution in [0.4, 0.5) is 8.78 Å². The molecule has 0 atom stereocenters. The SMILES string of the molecule is CC(C)c1snnc1C(=O)NC1CC2(CCN(Cc3ccc(OCC(F)F)cc3)CC2)C1. The molecule has 2 fully saturated rings. The van der Waals surface area contributed by atoms with E-state index in [1.54, 1.807) is 12.1 Å². The molecule has 1 aromatic heterocycles. The van der Waals surface area contributed by atoms with Crippen molar-refractivity contribution >= 4 is 17.4 Å². The van der Waals surface area contributed by atoms with E-state index in [9.17, 15) is 13.6 Å². The lowest BCUT2D eigenvalue weighted by molar-refractivity contribution is 0.00458. The molecule has 32 heavy (non-hydrogen) atoms. The normalized spacial score (nSPS) is 18.8. The Kier molecular flexibility index (Phi) is 7.05. The third kappa shape index (κ3) is 5.43. The summed E-state index contributed by atoms with van der Waals surface area (Å²) in [7, 11) is 0. The van der Waals surface area contributed by atoms with Crippen molar-refractivity contribution in [3.8, 4) is 5.75 Å². The van der Waals surface area contributed by atoms with Crippen LogP contribution < -0.4 is 10.1 Å². The minimum absolute atomic E-state index is 0.0966. The van der Waals surface area contributed by atoms with Gasteiger partial charge >= 0.3 is 0 Å². The van der Waals surface area contributed by atoms with Gasteiger partial charge in [-0.15, -0.1) is 5.10 Å². The van der Waals surface area contributed by atoms with Gasteiger partial charge in [-0.05, 0) is 79.3 Å². The summed E-state index contributed by atoms with van der Waals surface area (Å²) in [4.78, 5) is 16.0. The third-order valence-electron chi connectivity index (χ3n) is 6.57. The maximum Gasteiger partial charge on any atom is 0.273 e. The summed E-state index contributed by atoms with van der Waals surface area (Å²) in [6.45, 7) is 6.42. The van der Waals surface area contributed by atoms with E-state index >= 15 is 0 Å². The number of amides is 1.